The SMILES string of the molecule is CN/C=C/C#Cc1cccc(C(=O)Cc2ccc(OCCN3CCCC3)cc2)c1. The van der Waals surface area contributed by atoms with Gasteiger partial charge in [0.15, 0.2) is 5.78 Å². The highest BCUT2D eigenvalue weighted by molar-refractivity contribution is 5.97. The molecule has 4 nitrogen and oxygen atoms in total. The van der Waals surface area contributed by atoms with Crippen molar-refractivity contribution in [3.8, 4) is 17.6 Å². The fourth-order valence-electron chi connectivity index (χ4n) is 3.31. The Morgan fingerprint density at radius 3 is 2.72 bits per heavy atom. The van der Waals surface area contributed by atoms with Gasteiger partial charge < -0.3 is 10.1 Å². The zero-order valence-corrected chi connectivity index (χ0v) is 17.0. The van der Waals surface area contributed by atoms with E-state index in [2.05, 4.69) is 22.1 Å². The summed E-state index contributed by atoms with van der Waals surface area (Å²) in [5, 5.41) is 2.89. The van der Waals surface area contributed by atoms with Crippen molar-refractivity contribution >= 4 is 5.78 Å². The van der Waals surface area contributed by atoms with Crippen LogP contribution in [0.5, 0.6) is 5.75 Å². The van der Waals surface area contributed by atoms with E-state index < -0.39 is 0 Å². The van der Waals surface area contributed by atoms with Crippen LogP contribution in [0.3, 0.4) is 0 Å². The first kappa shape index (κ1) is 20.7. The lowest BCUT2D eigenvalue weighted by Gasteiger charge is -2.15. The molecule has 0 bridgehead atoms. The number of carbonyl (C=O) groups is 1. The fraction of sp³-hybridized carbons (Fsp3) is 0.320. The van der Waals surface area contributed by atoms with Crippen LogP contribution in [0.15, 0.2) is 60.8 Å². The van der Waals surface area contributed by atoms with Crippen molar-refractivity contribution < 1.29 is 9.53 Å². The van der Waals surface area contributed by atoms with E-state index in [0.717, 1.165) is 23.4 Å². The lowest BCUT2D eigenvalue weighted by atomic mass is 10.0. The van der Waals surface area contributed by atoms with Crippen molar-refractivity contribution in [3.63, 3.8) is 0 Å². The minimum atomic E-state index is 0.0853. The Balaban J connectivity index is 1.52. The minimum Gasteiger partial charge on any atom is -0.492 e. The summed E-state index contributed by atoms with van der Waals surface area (Å²) in [4.78, 5) is 15.1. The van der Waals surface area contributed by atoms with Crippen molar-refractivity contribution in [1.29, 1.82) is 0 Å². The maximum Gasteiger partial charge on any atom is 0.167 e. The van der Waals surface area contributed by atoms with E-state index >= 15 is 0 Å². The molecule has 1 heterocycles. The van der Waals surface area contributed by atoms with Crippen LogP contribution in [0.2, 0.25) is 0 Å². The van der Waals surface area contributed by atoms with Crippen molar-refractivity contribution in [1.82, 2.24) is 10.2 Å². The van der Waals surface area contributed by atoms with E-state index in [-0.39, 0.29) is 5.78 Å². The van der Waals surface area contributed by atoms with Gasteiger partial charge in [-0.1, -0.05) is 36.1 Å². The van der Waals surface area contributed by atoms with E-state index in [4.69, 9.17) is 4.74 Å². The lowest BCUT2D eigenvalue weighted by Crippen LogP contribution is -2.25. The predicted octanol–water partition coefficient (Wildman–Crippen LogP) is 3.67. The quantitative estimate of drug-likeness (QED) is 0.553. The maximum absolute atomic E-state index is 12.6. The second-order valence-corrected chi connectivity index (χ2v) is 7.11. The number of likely N-dealkylation sites (tertiary alicyclic amines) is 1. The van der Waals surface area contributed by atoms with Gasteiger partial charge in [0, 0.05) is 43.4 Å². The van der Waals surface area contributed by atoms with Gasteiger partial charge in [0.05, 0.1) is 0 Å². The van der Waals surface area contributed by atoms with Crippen LogP contribution in [0.4, 0.5) is 0 Å². The number of rotatable bonds is 8. The Kier molecular flexibility index (Phi) is 7.91. The Morgan fingerprint density at radius 1 is 1.17 bits per heavy atom. The molecule has 29 heavy (non-hydrogen) atoms. The van der Waals surface area contributed by atoms with Crippen LogP contribution < -0.4 is 10.1 Å². The van der Waals surface area contributed by atoms with Crippen molar-refractivity contribution in [3.05, 3.63) is 77.5 Å². The van der Waals surface area contributed by atoms with Crippen molar-refractivity contribution in [2.75, 3.05) is 33.3 Å². The molecular formula is C25H28N2O2. The molecule has 3 rings (SSSR count). The van der Waals surface area contributed by atoms with Gasteiger partial charge in [0.1, 0.15) is 12.4 Å². The highest BCUT2D eigenvalue weighted by Crippen LogP contribution is 2.15. The number of hydrogen-bond donors (Lipinski definition) is 1. The first-order valence-electron chi connectivity index (χ1n) is 10.2. The Labute approximate surface area is 173 Å². The molecule has 0 saturated carbocycles. The molecule has 1 N–H and O–H groups in total. The number of nitrogens with zero attached hydrogens (tertiary/aromatic N) is 1. The molecule has 4 heteroatoms. The number of carbonyl (C=O) groups excluding carboxylic acids is 1. The third kappa shape index (κ3) is 6.81. The van der Waals surface area contributed by atoms with Gasteiger partial charge in [-0.3, -0.25) is 9.69 Å². The average molecular weight is 389 g/mol. The standard InChI is InChI=1S/C25H28N2O2/c1-26-14-3-2-7-21-8-6-9-23(19-21)25(28)20-22-10-12-24(13-11-22)29-18-17-27-15-4-5-16-27/h3,6,8-14,19,26H,4-5,15-18,20H2,1H3/b14-3+. The summed E-state index contributed by atoms with van der Waals surface area (Å²) in [7, 11) is 1.82. The maximum atomic E-state index is 12.6. The zero-order valence-electron chi connectivity index (χ0n) is 17.0. The zero-order chi connectivity index (χ0) is 20.3. The molecule has 0 atom stereocenters. The van der Waals surface area contributed by atoms with Gasteiger partial charge in [-0.2, -0.15) is 0 Å². The number of nitrogens with one attached hydrogen (secondary N) is 1. The summed E-state index contributed by atoms with van der Waals surface area (Å²) in [6, 6.07) is 15.3. The Morgan fingerprint density at radius 2 is 1.97 bits per heavy atom. The highest BCUT2D eigenvalue weighted by Gasteiger charge is 2.11. The molecule has 2 aromatic carbocycles. The molecule has 1 aliphatic heterocycles. The summed E-state index contributed by atoms with van der Waals surface area (Å²) in [6.45, 7) is 4.05. The molecule has 1 saturated heterocycles. The summed E-state index contributed by atoms with van der Waals surface area (Å²) >= 11 is 0. The third-order valence-corrected chi connectivity index (χ3v) is 4.90. The first-order valence-corrected chi connectivity index (χ1v) is 10.2. The minimum absolute atomic E-state index is 0.0853. The van der Waals surface area contributed by atoms with Gasteiger partial charge in [0.25, 0.3) is 0 Å². The molecule has 0 radical (unpaired) electrons. The van der Waals surface area contributed by atoms with Gasteiger partial charge in [-0.15, -0.1) is 0 Å². The van der Waals surface area contributed by atoms with Crippen molar-refractivity contribution in [2.45, 2.75) is 19.3 Å². The summed E-state index contributed by atoms with van der Waals surface area (Å²) in [5.74, 6) is 6.91. The summed E-state index contributed by atoms with van der Waals surface area (Å²) in [5.41, 5.74) is 2.49. The Hall–Kier alpha value is -3.03. The molecule has 2 aromatic rings. The van der Waals surface area contributed by atoms with Crippen LogP contribution in [0.25, 0.3) is 0 Å². The molecule has 0 aromatic heterocycles. The molecule has 0 aliphatic carbocycles. The Bertz CT molecular complexity index is 885. The van der Waals surface area contributed by atoms with Crippen LogP contribution in [0, 0.1) is 11.8 Å². The highest BCUT2D eigenvalue weighted by atomic mass is 16.5. The molecule has 0 unspecified atom stereocenters. The van der Waals surface area contributed by atoms with E-state index in [9.17, 15) is 4.79 Å². The average Bonchev–Trinajstić information content (AvgIpc) is 3.26. The molecule has 150 valence electrons. The van der Waals surface area contributed by atoms with Crippen LogP contribution >= 0.6 is 0 Å². The largest absolute Gasteiger partial charge is 0.492 e. The summed E-state index contributed by atoms with van der Waals surface area (Å²) < 4.78 is 5.83. The molecule has 1 fully saturated rings. The molecule has 1 aliphatic rings. The van der Waals surface area contributed by atoms with Gasteiger partial charge in [-0.25, -0.2) is 0 Å². The van der Waals surface area contributed by atoms with Crippen LogP contribution in [-0.4, -0.2) is 44.0 Å². The van der Waals surface area contributed by atoms with E-state index in [1.807, 2.05) is 55.6 Å². The second-order valence-electron chi connectivity index (χ2n) is 7.11. The van der Waals surface area contributed by atoms with Crippen LogP contribution in [-0.2, 0) is 6.42 Å². The van der Waals surface area contributed by atoms with Gasteiger partial charge in [0.2, 0.25) is 0 Å². The molecular weight excluding hydrogens is 360 g/mol. The van der Waals surface area contributed by atoms with Gasteiger partial charge in [-0.05, 0) is 55.8 Å². The number of allylic oxidation sites excluding steroid dienone is 1. The first-order chi connectivity index (χ1) is 14.2. The van der Waals surface area contributed by atoms with Gasteiger partial charge >= 0.3 is 0 Å². The van der Waals surface area contributed by atoms with E-state index in [1.165, 1.54) is 25.9 Å². The smallest absolute Gasteiger partial charge is 0.167 e. The number of Topliss-reactive ketones (excluding diaryl/α,β-unsaturated/α-hetero) is 1. The van der Waals surface area contributed by atoms with Crippen molar-refractivity contribution in [2.24, 2.45) is 0 Å². The predicted molar refractivity (Wildman–Crippen MR) is 117 cm³/mol. The monoisotopic (exact) mass is 388 g/mol. The summed E-state index contributed by atoms with van der Waals surface area (Å²) in [6.07, 6.45) is 6.47. The number of benzene rings is 2. The fourth-order valence-corrected chi connectivity index (χ4v) is 3.31. The van der Waals surface area contributed by atoms with E-state index in [0.29, 0.717) is 18.6 Å². The number of ether oxygens (including phenoxy) is 1. The normalized spacial score (nSPS) is 13.8. The lowest BCUT2D eigenvalue weighted by molar-refractivity contribution is 0.0993. The third-order valence-electron chi connectivity index (χ3n) is 4.90. The number of hydrogen-bond acceptors (Lipinski definition) is 4. The molecule has 0 amide bonds. The second kappa shape index (κ2) is 11.1. The number of ketones is 1. The van der Waals surface area contributed by atoms with E-state index in [1.54, 1.807) is 12.3 Å². The van der Waals surface area contributed by atoms with Crippen LogP contribution in [0.1, 0.15) is 34.3 Å². The topological polar surface area (TPSA) is 41.6 Å². The molecule has 0 spiro atoms.